The topological polar surface area (TPSA) is 88.2 Å². The lowest BCUT2D eigenvalue weighted by atomic mass is 10.2. The van der Waals surface area contributed by atoms with Crippen LogP contribution in [0.4, 0.5) is 9.80 Å². The van der Waals surface area contributed by atoms with Crippen LogP contribution in [0.15, 0.2) is 63.8 Å². The molecule has 3 rings (SSSR count). The van der Waals surface area contributed by atoms with E-state index in [1.807, 2.05) is 41.3 Å². The third-order valence-corrected chi connectivity index (χ3v) is 6.96. The van der Waals surface area contributed by atoms with E-state index in [0.717, 1.165) is 9.90 Å². The molecule has 140 valence electrons. The summed E-state index contributed by atoms with van der Waals surface area (Å²) in [4.78, 5) is 16.7. The van der Waals surface area contributed by atoms with Gasteiger partial charge in [0.05, 0.1) is 4.90 Å². The fourth-order valence-corrected chi connectivity index (χ4v) is 4.70. The lowest BCUT2D eigenvalue weighted by Gasteiger charge is -2.08. The number of rotatable bonds is 5. The highest BCUT2D eigenvalue weighted by molar-refractivity contribution is 8.00. The largest absolute Gasteiger partial charge is 0.333 e. The summed E-state index contributed by atoms with van der Waals surface area (Å²) < 4.78 is 27.4. The first-order valence-corrected chi connectivity index (χ1v) is 11.5. The molecule has 0 unspecified atom stereocenters. The van der Waals surface area contributed by atoms with Crippen molar-refractivity contribution in [2.45, 2.75) is 9.24 Å². The molecule has 0 saturated heterocycles. The summed E-state index contributed by atoms with van der Waals surface area (Å²) >= 11 is 8.48. The Labute approximate surface area is 170 Å². The highest BCUT2D eigenvalue weighted by Crippen LogP contribution is 2.36. The summed E-state index contributed by atoms with van der Waals surface area (Å²) in [6.45, 7) is 0. The maximum absolute atomic E-state index is 12.3. The smallest absolute Gasteiger partial charge is 0.297 e. The fraction of sp³-hybridized carbons (Fsp3) is 0.0588. The molecule has 0 saturated carbocycles. The highest BCUT2D eigenvalue weighted by Gasteiger charge is 2.20. The summed E-state index contributed by atoms with van der Waals surface area (Å²) in [5.74, 6) is 0. The average molecular weight is 440 g/mol. The minimum absolute atomic E-state index is 0.0561. The third-order valence-electron chi connectivity index (χ3n) is 3.41. The number of hydrogen-bond acceptors (Lipinski definition) is 6. The van der Waals surface area contributed by atoms with Crippen molar-refractivity contribution in [1.29, 1.82) is 0 Å². The summed E-state index contributed by atoms with van der Waals surface area (Å²) in [5, 5.41) is 3.46. The number of benzene rings is 2. The summed E-state index contributed by atoms with van der Waals surface area (Å²) in [6.07, 6.45) is 1.88. The van der Waals surface area contributed by atoms with Crippen LogP contribution < -0.4 is 10.0 Å². The molecule has 0 spiro atoms. The molecule has 0 aliphatic carbocycles. The molecule has 3 aromatic rings. The molecule has 10 heteroatoms. The van der Waals surface area contributed by atoms with Crippen LogP contribution >= 0.6 is 34.7 Å². The molecule has 1 aromatic heterocycles. The van der Waals surface area contributed by atoms with Crippen LogP contribution in [0.3, 0.4) is 0 Å². The molecule has 0 aliphatic heterocycles. The summed E-state index contributed by atoms with van der Waals surface area (Å²) in [5.41, 5.74) is 1.41. The molecule has 0 radical (unpaired) electrons. The Kier molecular flexibility index (Phi) is 6.05. The van der Waals surface area contributed by atoms with Crippen molar-refractivity contribution in [2.24, 2.45) is 0 Å². The van der Waals surface area contributed by atoms with Crippen LogP contribution in [0.25, 0.3) is 11.3 Å². The standard InChI is InChI=1S/C17H14ClN3O3S3/c1-25-17-19-14(11-5-3-2-4-6-11)15(26-17)20-16(22)21-27(23,24)13-9-7-12(18)8-10-13/h2-10H,1H3,(H2,20,21,22). The van der Waals surface area contributed by atoms with E-state index in [9.17, 15) is 13.2 Å². The van der Waals surface area contributed by atoms with Crippen molar-refractivity contribution in [1.82, 2.24) is 9.71 Å². The molecular weight excluding hydrogens is 426 g/mol. The van der Waals surface area contributed by atoms with Crippen molar-refractivity contribution in [3.05, 3.63) is 59.6 Å². The minimum atomic E-state index is -4.01. The molecular formula is C17H14ClN3O3S3. The number of hydrogen-bond donors (Lipinski definition) is 2. The van der Waals surface area contributed by atoms with Crippen LogP contribution in [0.1, 0.15) is 0 Å². The van der Waals surface area contributed by atoms with E-state index in [1.165, 1.54) is 47.4 Å². The zero-order valence-electron chi connectivity index (χ0n) is 14.0. The highest BCUT2D eigenvalue weighted by atomic mass is 35.5. The van der Waals surface area contributed by atoms with E-state index >= 15 is 0 Å². The molecule has 1 heterocycles. The van der Waals surface area contributed by atoms with Gasteiger partial charge in [-0.2, -0.15) is 0 Å². The lowest BCUT2D eigenvalue weighted by Crippen LogP contribution is -2.34. The SMILES string of the molecule is CSc1nc(-c2ccccc2)c(NC(=O)NS(=O)(=O)c2ccc(Cl)cc2)s1. The normalized spacial score (nSPS) is 11.2. The predicted octanol–water partition coefficient (Wildman–Crippen LogP) is 4.70. The molecule has 0 atom stereocenters. The molecule has 0 aliphatic rings. The van der Waals surface area contributed by atoms with Gasteiger partial charge in [0.25, 0.3) is 10.0 Å². The number of anilines is 1. The van der Waals surface area contributed by atoms with Crippen LogP contribution in [0.5, 0.6) is 0 Å². The number of carbonyl (C=O) groups excluding carboxylic acids is 1. The lowest BCUT2D eigenvalue weighted by molar-refractivity contribution is 0.256. The summed E-state index contributed by atoms with van der Waals surface area (Å²) in [7, 11) is -4.01. The van der Waals surface area contributed by atoms with E-state index in [4.69, 9.17) is 11.6 Å². The van der Waals surface area contributed by atoms with Crippen LogP contribution in [0, 0.1) is 0 Å². The second kappa shape index (κ2) is 8.30. The number of carbonyl (C=O) groups is 1. The quantitative estimate of drug-likeness (QED) is 0.563. The molecule has 2 amide bonds. The van der Waals surface area contributed by atoms with Crippen LogP contribution in [-0.4, -0.2) is 25.7 Å². The van der Waals surface area contributed by atoms with E-state index in [1.54, 1.807) is 0 Å². The number of thioether (sulfide) groups is 1. The van der Waals surface area contributed by atoms with E-state index in [2.05, 4.69) is 10.3 Å². The number of sulfonamides is 1. The minimum Gasteiger partial charge on any atom is -0.297 e. The Morgan fingerprint density at radius 2 is 1.78 bits per heavy atom. The molecule has 0 bridgehead atoms. The maximum Gasteiger partial charge on any atom is 0.333 e. The first kappa shape index (κ1) is 19.7. The van der Waals surface area contributed by atoms with Gasteiger partial charge >= 0.3 is 6.03 Å². The Morgan fingerprint density at radius 3 is 2.41 bits per heavy atom. The molecule has 0 fully saturated rings. The van der Waals surface area contributed by atoms with E-state index in [0.29, 0.717) is 15.7 Å². The second-order valence-corrected chi connectivity index (χ2v) is 9.41. The van der Waals surface area contributed by atoms with Crippen molar-refractivity contribution < 1.29 is 13.2 Å². The third kappa shape index (κ3) is 4.81. The van der Waals surface area contributed by atoms with Gasteiger partial charge in [-0.25, -0.2) is 22.9 Å². The van der Waals surface area contributed by atoms with Crippen molar-refractivity contribution in [3.8, 4) is 11.3 Å². The van der Waals surface area contributed by atoms with Crippen LogP contribution in [-0.2, 0) is 10.0 Å². The van der Waals surface area contributed by atoms with Gasteiger partial charge in [0.15, 0.2) is 4.34 Å². The first-order valence-electron chi connectivity index (χ1n) is 7.58. The van der Waals surface area contributed by atoms with Crippen LogP contribution in [0.2, 0.25) is 5.02 Å². The van der Waals surface area contributed by atoms with Gasteiger partial charge in [-0.15, -0.1) is 0 Å². The van der Waals surface area contributed by atoms with Gasteiger partial charge in [-0.3, -0.25) is 5.32 Å². The number of aromatic nitrogens is 1. The molecule has 27 heavy (non-hydrogen) atoms. The predicted molar refractivity (Wildman–Crippen MR) is 110 cm³/mol. The molecule has 6 nitrogen and oxygen atoms in total. The Balaban J connectivity index is 1.82. The number of amides is 2. The number of urea groups is 1. The zero-order valence-corrected chi connectivity index (χ0v) is 17.2. The van der Waals surface area contributed by atoms with Gasteiger partial charge in [-0.1, -0.05) is 65.0 Å². The average Bonchev–Trinajstić information content (AvgIpc) is 3.05. The number of halogens is 1. The molecule has 2 aromatic carbocycles. The van der Waals surface area contributed by atoms with Crippen molar-refractivity contribution >= 4 is 55.8 Å². The monoisotopic (exact) mass is 439 g/mol. The van der Waals surface area contributed by atoms with Crippen molar-refractivity contribution in [2.75, 3.05) is 11.6 Å². The fourth-order valence-electron chi connectivity index (χ4n) is 2.19. The Hall–Kier alpha value is -2.07. The first-order chi connectivity index (χ1) is 12.9. The van der Waals surface area contributed by atoms with E-state index in [-0.39, 0.29) is 4.90 Å². The summed E-state index contributed by atoms with van der Waals surface area (Å²) in [6, 6.07) is 14.0. The zero-order chi connectivity index (χ0) is 19.4. The Morgan fingerprint density at radius 1 is 1.11 bits per heavy atom. The number of nitrogens with one attached hydrogen (secondary N) is 2. The van der Waals surface area contributed by atoms with Gasteiger partial charge in [0, 0.05) is 10.6 Å². The van der Waals surface area contributed by atoms with Gasteiger partial charge in [0.1, 0.15) is 10.7 Å². The maximum atomic E-state index is 12.3. The van der Waals surface area contributed by atoms with Crippen molar-refractivity contribution in [3.63, 3.8) is 0 Å². The van der Waals surface area contributed by atoms with Gasteiger partial charge in [-0.05, 0) is 30.5 Å². The molecule has 2 N–H and O–H groups in total. The van der Waals surface area contributed by atoms with E-state index < -0.39 is 16.1 Å². The number of thiazole rings is 1. The number of nitrogens with zero attached hydrogens (tertiary/aromatic N) is 1. The Bertz CT molecular complexity index is 1050. The second-order valence-electron chi connectivity index (χ2n) is 5.24. The van der Waals surface area contributed by atoms with Gasteiger partial charge in [0.2, 0.25) is 0 Å². The van der Waals surface area contributed by atoms with Gasteiger partial charge < -0.3 is 0 Å².